The third kappa shape index (κ3) is 2.37. The quantitative estimate of drug-likeness (QED) is 0.587. The second-order valence-electron chi connectivity index (χ2n) is 10.1. The van der Waals surface area contributed by atoms with E-state index in [2.05, 4.69) is 33.8 Å². The zero-order chi connectivity index (χ0) is 17.1. The van der Waals surface area contributed by atoms with Gasteiger partial charge in [-0.1, -0.05) is 31.9 Å². The minimum absolute atomic E-state index is 0.405. The SMILES string of the molecule is C/C=C1/CC[C@H]2[C@@H]3CC[C@@H]4C[C@](C)(O)[C@@H](CC)C[C@@H]4[C@H]3CC[C@]12C. The summed E-state index contributed by atoms with van der Waals surface area (Å²) < 4.78 is 0. The highest BCUT2D eigenvalue weighted by molar-refractivity contribution is 5.23. The molecule has 0 saturated heterocycles. The van der Waals surface area contributed by atoms with Crippen LogP contribution in [0.25, 0.3) is 0 Å². The molecule has 0 amide bonds. The Morgan fingerprint density at radius 3 is 2.58 bits per heavy atom. The molecule has 0 aliphatic heterocycles. The van der Waals surface area contributed by atoms with Crippen LogP contribution in [-0.2, 0) is 0 Å². The van der Waals surface area contributed by atoms with Gasteiger partial charge in [0.15, 0.2) is 0 Å². The zero-order valence-corrected chi connectivity index (χ0v) is 16.4. The molecule has 24 heavy (non-hydrogen) atoms. The van der Waals surface area contributed by atoms with Gasteiger partial charge in [-0.25, -0.2) is 0 Å². The maximum absolute atomic E-state index is 10.9. The van der Waals surface area contributed by atoms with Gasteiger partial charge in [-0.05, 0) is 106 Å². The Hall–Kier alpha value is -0.300. The molecule has 1 N–H and O–H groups in total. The standard InChI is InChI=1S/C23H38O/c1-5-16-8-10-21-19-9-7-15-14-23(4,24)17(6-2)13-20(15)18(19)11-12-22(16,21)3/h5,15,17-21,24H,6-14H2,1-4H3/b16-5-/t15-,17+,18+,19-,20+,21+,22-,23+/m1/s1. The predicted molar refractivity (Wildman–Crippen MR) is 101 cm³/mol. The molecule has 0 aromatic carbocycles. The van der Waals surface area contributed by atoms with E-state index in [9.17, 15) is 5.11 Å². The summed E-state index contributed by atoms with van der Waals surface area (Å²) in [4.78, 5) is 0. The first-order valence-corrected chi connectivity index (χ1v) is 10.8. The summed E-state index contributed by atoms with van der Waals surface area (Å²) in [6, 6.07) is 0. The number of hydrogen-bond acceptors (Lipinski definition) is 1. The lowest BCUT2D eigenvalue weighted by atomic mass is 9.48. The Morgan fingerprint density at radius 1 is 1.08 bits per heavy atom. The van der Waals surface area contributed by atoms with Crippen LogP contribution in [0.1, 0.15) is 85.5 Å². The average molecular weight is 331 g/mol. The van der Waals surface area contributed by atoms with Crippen molar-refractivity contribution in [2.45, 2.75) is 91.1 Å². The van der Waals surface area contributed by atoms with Crippen LogP contribution in [-0.4, -0.2) is 10.7 Å². The summed E-state index contributed by atoms with van der Waals surface area (Å²) >= 11 is 0. The first kappa shape index (κ1) is 17.1. The summed E-state index contributed by atoms with van der Waals surface area (Å²) in [6.07, 6.45) is 14.5. The lowest BCUT2D eigenvalue weighted by molar-refractivity contribution is -0.121. The minimum atomic E-state index is -0.405. The van der Waals surface area contributed by atoms with Crippen molar-refractivity contribution in [3.8, 4) is 0 Å². The summed E-state index contributed by atoms with van der Waals surface area (Å²) in [5.74, 6) is 5.13. The fraction of sp³-hybridized carbons (Fsp3) is 0.913. The van der Waals surface area contributed by atoms with E-state index in [1.807, 2.05) is 0 Å². The van der Waals surface area contributed by atoms with Gasteiger partial charge in [-0.2, -0.15) is 0 Å². The van der Waals surface area contributed by atoms with Gasteiger partial charge in [0.1, 0.15) is 0 Å². The second-order valence-corrected chi connectivity index (χ2v) is 10.1. The maximum Gasteiger partial charge on any atom is 0.0650 e. The fourth-order valence-corrected chi connectivity index (χ4v) is 8.06. The summed E-state index contributed by atoms with van der Waals surface area (Å²) in [5.41, 5.74) is 1.89. The normalized spacial score (nSPS) is 55.8. The van der Waals surface area contributed by atoms with Gasteiger partial charge >= 0.3 is 0 Å². The Bertz CT molecular complexity index is 518. The molecule has 4 fully saturated rings. The molecular formula is C23H38O. The topological polar surface area (TPSA) is 20.2 Å². The van der Waals surface area contributed by atoms with Crippen LogP contribution in [0.2, 0.25) is 0 Å². The molecule has 4 saturated carbocycles. The lowest BCUT2D eigenvalue weighted by Gasteiger charge is -2.57. The maximum atomic E-state index is 10.9. The highest BCUT2D eigenvalue weighted by atomic mass is 16.3. The van der Waals surface area contributed by atoms with E-state index in [0.717, 1.165) is 42.4 Å². The second kappa shape index (κ2) is 5.86. The molecule has 136 valence electrons. The third-order valence-corrected chi connectivity index (χ3v) is 9.32. The molecule has 0 spiro atoms. The van der Waals surface area contributed by atoms with Crippen LogP contribution in [0, 0.1) is 40.9 Å². The molecular weight excluding hydrogens is 292 g/mol. The monoisotopic (exact) mass is 330 g/mol. The molecule has 1 nitrogen and oxygen atoms in total. The Kier molecular flexibility index (Phi) is 4.18. The Labute approximate surface area is 149 Å². The Morgan fingerprint density at radius 2 is 1.88 bits per heavy atom. The highest BCUT2D eigenvalue weighted by Gasteiger charge is 2.56. The van der Waals surface area contributed by atoms with E-state index >= 15 is 0 Å². The number of hydrogen-bond donors (Lipinski definition) is 1. The molecule has 0 bridgehead atoms. The zero-order valence-electron chi connectivity index (χ0n) is 16.4. The number of aliphatic hydroxyl groups is 1. The van der Waals surface area contributed by atoms with Crippen LogP contribution < -0.4 is 0 Å². The largest absolute Gasteiger partial charge is 0.390 e. The van der Waals surface area contributed by atoms with Gasteiger partial charge in [0.25, 0.3) is 0 Å². The van der Waals surface area contributed by atoms with E-state index in [0.29, 0.717) is 11.3 Å². The third-order valence-electron chi connectivity index (χ3n) is 9.32. The lowest BCUT2D eigenvalue weighted by Crippen LogP contribution is -2.52. The van der Waals surface area contributed by atoms with Gasteiger partial charge in [-0.15, -0.1) is 0 Å². The first-order valence-electron chi connectivity index (χ1n) is 10.8. The molecule has 4 rings (SSSR count). The van der Waals surface area contributed by atoms with Gasteiger partial charge in [0.2, 0.25) is 0 Å². The molecule has 4 aliphatic carbocycles. The molecule has 0 aromatic rings. The molecule has 1 heteroatoms. The van der Waals surface area contributed by atoms with Crippen molar-refractivity contribution >= 4 is 0 Å². The highest BCUT2D eigenvalue weighted by Crippen LogP contribution is 2.64. The molecule has 0 aromatic heterocycles. The summed E-state index contributed by atoms with van der Waals surface area (Å²) in [6.45, 7) is 9.26. The van der Waals surface area contributed by atoms with E-state index in [4.69, 9.17) is 0 Å². The van der Waals surface area contributed by atoms with E-state index in [-0.39, 0.29) is 0 Å². The van der Waals surface area contributed by atoms with E-state index in [1.54, 1.807) is 5.57 Å². The van der Waals surface area contributed by atoms with E-state index < -0.39 is 5.60 Å². The number of rotatable bonds is 1. The van der Waals surface area contributed by atoms with Gasteiger partial charge < -0.3 is 5.11 Å². The predicted octanol–water partition coefficient (Wildman–Crippen LogP) is 5.97. The summed E-state index contributed by atoms with van der Waals surface area (Å²) in [7, 11) is 0. The Balaban J connectivity index is 1.58. The molecule has 0 heterocycles. The van der Waals surface area contributed by atoms with Crippen LogP contribution >= 0.6 is 0 Å². The van der Waals surface area contributed by atoms with Crippen molar-refractivity contribution in [2.75, 3.05) is 0 Å². The van der Waals surface area contributed by atoms with Crippen molar-refractivity contribution in [3.63, 3.8) is 0 Å². The van der Waals surface area contributed by atoms with Crippen molar-refractivity contribution < 1.29 is 5.11 Å². The number of fused-ring (bicyclic) bond motifs is 5. The van der Waals surface area contributed by atoms with Crippen LogP contribution in [0.5, 0.6) is 0 Å². The van der Waals surface area contributed by atoms with Gasteiger partial charge in [0.05, 0.1) is 5.60 Å². The van der Waals surface area contributed by atoms with Crippen molar-refractivity contribution in [1.29, 1.82) is 0 Å². The van der Waals surface area contributed by atoms with Crippen molar-refractivity contribution in [3.05, 3.63) is 11.6 Å². The number of allylic oxidation sites excluding steroid dienone is 2. The average Bonchev–Trinajstić information content (AvgIpc) is 2.89. The van der Waals surface area contributed by atoms with Crippen molar-refractivity contribution in [1.82, 2.24) is 0 Å². The van der Waals surface area contributed by atoms with Crippen LogP contribution in [0.4, 0.5) is 0 Å². The smallest absolute Gasteiger partial charge is 0.0650 e. The van der Waals surface area contributed by atoms with Gasteiger partial charge in [-0.3, -0.25) is 0 Å². The fourth-order valence-electron chi connectivity index (χ4n) is 8.06. The van der Waals surface area contributed by atoms with Crippen molar-refractivity contribution in [2.24, 2.45) is 40.9 Å². The molecule has 0 unspecified atom stereocenters. The summed E-state index contributed by atoms with van der Waals surface area (Å²) in [5, 5.41) is 10.9. The van der Waals surface area contributed by atoms with Crippen LogP contribution in [0.15, 0.2) is 11.6 Å². The van der Waals surface area contributed by atoms with Crippen LogP contribution in [0.3, 0.4) is 0 Å². The molecule has 0 radical (unpaired) electrons. The van der Waals surface area contributed by atoms with Gasteiger partial charge in [0, 0.05) is 0 Å². The minimum Gasteiger partial charge on any atom is -0.390 e. The molecule has 4 aliphatic rings. The first-order chi connectivity index (χ1) is 11.4. The van der Waals surface area contributed by atoms with E-state index in [1.165, 1.54) is 44.9 Å². The molecule has 8 atom stereocenters.